The molecular weight excluding hydrogens is 336 g/mol. The minimum atomic E-state index is 0.0224. The average Bonchev–Trinajstić information content (AvgIpc) is 3.05. The van der Waals surface area contributed by atoms with Crippen LogP contribution in [0.4, 0.5) is 0 Å². The summed E-state index contributed by atoms with van der Waals surface area (Å²) in [7, 11) is 1.93. The molecule has 2 aromatic rings. The number of ether oxygens (including phenoxy) is 1. The van der Waals surface area contributed by atoms with Gasteiger partial charge in [0.1, 0.15) is 0 Å². The first kappa shape index (κ1) is 18.0. The minimum Gasteiger partial charge on any atom is -0.379 e. The smallest absolute Gasteiger partial charge is 0.230 e. The van der Waals surface area contributed by atoms with Gasteiger partial charge < -0.3 is 14.6 Å². The van der Waals surface area contributed by atoms with Gasteiger partial charge in [-0.25, -0.2) is 4.98 Å². The topological polar surface area (TPSA) is 59.4 Å². The van der Waals surface area contributed by atoms with Crippen molar-refractivity contribution in [2.24, 2.45) is 7.05 Å². The third kappa shape index (κ3) is 5.32. The number of nitrogens with one attached hydrogen (secondary N) is 1. The highest BCUT2D eigenvalue weighted by molar-refractivity contribution is 7.99. The van der Waals surface area contributed by atoms with Crippen LogP contribution in [0.15, 0.2) is 41.8 Å². The number of carbonyl (C=O) groups is 1. The molecule has 1 fully saturated rings. The Kier molecular flexibility index (Phi) is 6.49. The number of aryl methyl sites for hydroxylation is 1. The molecule has 6 nitrogen and oxygen atoms in total. The molecule has 1 aliphatic heterocycles. The molecule has 0 atom stereocenters. The molecule has 0 bridgehead atoms. The summed E-state index contributed by atoms with van der Waals surface area (Å²) in [6.07, 6.45) is 3.62. The first-order valence-electron chi connectivity index (χ1n) is 8.46. The van der Waals surface area contributed by atoms with E-state index in [1.165, 1.54) is 22.9 Å². The number of hydrogen-bond acceptors (Lipinski definition) is 5. The van der Waals surface area contributed by atoms with E-state index in [0.29, 0.717) is 12.3 Å². The molecule has 1 aliphatic rings. The predicted octanol–water partition coefficient (Wildman–Crippen LogP) is 1.66. The third-order valence-electron chi connectivity index (χ3n) is 4.20. The fraction of sp³-hybridized carbons (Fsp3) is 0.444. The standard InChI is InChI=1S/C18H24N4O2S/c1-21-7-6-19-18(21)25-14-17(23)20-12-15-4-2-3-5-16(15)13-22-8-10-24-11-9-22/h2-7H,8-14H2,1H3,(H,20,23). The lowest BCUT2D eigenvalue weighted by Crippen LogP contribution is -2.36. The number of hydrogen-bond donors (Lipinski definition) is 1. The van der Waals surface area contributed by atoms with E-state index < -0.39 is 0 Å². The molecule has 134 valence electrons. The monoisotopic (exact) mass is 360 g/mol. The number of morpholine rings is 1. The molecule has 0 saturated carbocycles. The molecule has 1 saturated heterocycles. The van der Waals surface area contributed by atoms with Gasteiger partial charge in [-0.15, -0.1) is 0 Å². The maximum atomic E-state index is 12.1. The Hall–Kier alpha value is -1.83. The van der Waals surface area contributed by atoms with E-state index in [1.54, 1.807) is 6.20 Å². The van der Waals surface area contributed by atoms with Crippen LogP contribution in [0.3, 0.4) is 0 Å². The number of nitrogens with zero attached hydrogens (tertiary/aromatic N) is 3. The Morgan fingerprint density at radius 2 is 2.04 bits per heavy atom. The second-order valence-electron chi connectivity index (χ2n) is 6.04. The van der Waals surface area contributed by atoms with Crippen molar-refractivity contribution in [2.45, 2.75) is 18.2 Å². The van der Waals surface area contributed by atoms with Gasteiger partial charge in [0, 0.05) is 45.6 Å². The zero-order valence-electron chi connectivity index (χ0n) is 14.5. The summed E-state index contributed by atoms with van der Waals surface area (Å²) in [5.41, 5.74) is 2.44. The van der Waals surface area contributed by atoms with Crippen LogP contribution in [0.5, 0.6) is 0 Å². The molecule has 1 aromatic carbocycles. The van der Waals surface area contributed by atoms with Crippen molar-refractivity contribution in [1.82, 2.24) is 19.8 Å². The van der Waals surface area contributed by atoms with Crippen molar-refractivity contribution >= 4 is 17.7 Å². The van der Waals surface area contributed by atoms with Gasteiger partial charge in [0.15, 0.2) is 5.16 Å². The van der Waals surface area contributed by atoms with Gasteiger partial charge in [-0.05, 0) is 11.1 Å². The summed E-state index contributed by atoms with van der Waals surface area (Å²) >= 11 is 1.45. The minimum absolute atomic E-state index is 0.0224. The third-order valence-corrected chi connectivity index (χ3v) is 5.26. The fourth-order valence-corrected chi connectivity index (χ4v) is 3.51. The van der Waals surface area contributed by atoms with E-state index in [2.05, 4.69) is 33.4 Å². The van der Waals surface area contributed by atoms with Crippen molar-refractivity contribution in [3.63, 3.8) is 0 Å². The average molecular weight is 360 g/mol. The fourth-order valence-electron chi connectivity index (χ4n) is 2.75. The second kappa shape index (κ2) is 9.03. The molecule has 0 spiro atoms. The van der Waals surface area contributed by atoms with Crippen LogP contribution < -0.4 is 5.32 Å². The van der Waals surface area contributed by atoms with Gasteiger partial charge in [0.25, 0.3) is 0 Å². The van der Waals surface area contributed by atoms with Crippen LogP contribution in [-0.4, -0.2) is 52.4 Å². The Bertz CT molecular complexity index is 698. The molecular formula is C18H24N4O2S. The highest BCUT2D eigenvalue weighted by Gasteiger charge is 2.13. The van der Waals surface area contributed by atoms with Crippen LogP contribution >= 0.6 is 11.8 Å². The van der Waals surface area contributed by atoms with E-state index in [0.717, 1.165) is 38.0 Å². The lowest BCUT2D eigenvalue weighted by Gasteiger charge is -2.27. The summed E-state index contributed by atoms with van der Waals surface area (Å²) < 4.78 is 7.32. The molecule has 3 rings (SSSR count). The van der Waals surface area contributed by atoms with E-state index in [9.17, 15) is 4.79 Å². The zero-order valence-corrected chi connectivity index (χ0v) is 15.3. The first-order chi connectivity index (χ1) is 12.2. The van der Waals surface area contributed by atoms with Crippen LogP contribution in [0.25, 0.3) is 0 Å². The number of amides is 1. The number of thioether (sulfide) groups is 1. The number of rotatable bonds is 7. The summed E-state index contributed by atoms with van der Waals surface area (Å²) in [5.74, 6) is 0.394. The molecule has 1 amide bonds. The Morgan fingerprint density at radius 3 is 2.76 bits per heavy atom. The molecule has 0 aliphatic carbocycles. The van der Waals surface area contributed by atoms with Crippen molar-refractivity contribution in [1.29, 1.82) is 0 Å². The first-order valence-corrected chi connectivity index (χ1v) is 9.44. The van der Waals surface area contributed by atoms with Gasteiger partial charge in [-0.1, -0.05) is 36.0 Å². The maximum Gasteiger partial charge on any atom is 0.230 e. The lowest BCUT2D eigenvalue weighted by atomic mass is 10.1. The number of carbonyl (C=O) groups excluding carboxylic acids is 1. The Morgan fingerprint density at radius 1 is 1.28 bits per heavy atom. The normalized spacial score (nSPS) is 15.2. The zero-order chi connectivity index (χ0) is 17.5. The van der Waals surface area contributed by atoms with Crippen LogP contribution in [-0.2, 0) is 29.7 Å². The molecule has 0 unspecified atom stereocenters. The molecule has 2 heterocycles. The summed E-state index contributed by atoms with van der Waals surface area (Å²) in [6, 6.07) is 8.30. The van der Waals surface area contributed by atoms with E-state index in [4.69, 9.17) is 4.74 Å². The molecule has 1 N–H and O–H groups in total. The van der Waals surface area contributed by atoms with Crippen LogP contribution in [0.1, 0.15) is 11.1 Å². The van der Waals surface area contributed by atoms with E-state index in [1.807, 2.05) is 23.9 Å². The quantitative estimate of drug-likeness (QED) is 0.761. The van der Waals surface area contributed by atoms with Crippen molar-refractivity contribution in [3.05, 3.63) is 47.8 Å². The summed E-state index contributed by atoms with van der Waals surface area (Å²) in [5, 5.41) is 3.87. The Balaban J connectivity index is 1.50. The maximum absolute atomic E-state index is 12.1. The number of imidazole rings is 1. The number of aromatic nitrogens is 2. The molecule has 0 radical (unpaired) electrons. The lowest BCUT2D eigenvalue weighted by molar-refractivity contribution is -0.118. The SMILES string of the molecule is Cn1ccnc1SCC(=O)NCc1ccccc1CN1CCOCC1. The van der Waals surface area contributed by atoms with Crippen LogP contribution in [0.2, 0.25) is 0 Å². The Labute approximate surface area is 152 Å². The summed E-state index contributed by atoms with van der Waals surface area (Å²) in [6.45, 7) is 4.96. The van der Waals surface area contributed by atoms with Crippen LogP contribution in [0, 0.1) is 0 Å². The summed E-state index contributed by atoms with van der Waals surface area (Å²) in [4.78, 5) is 18.7. The highest BCUT2D eigenvalue weighted by atomic mass is 32.2. The van der Waals surface area contributed by atoms with Gasteiger partial charge in [-0.3, -0.25) is 9.69 Å². The van der Waals surface area contributed by atoms with Gasteiger partial charge in [-0.2, -0.15) is 0 Å². The molecule has 7 heteroatoms. The van der Waals surface area contributed by atoms with Crippen molar-refractivity contribution < 1.29 is 9.53 Å². The number of benzene rings is 1. The van der Waals surface area contributed by atoms with Crippen molar-refractivity contribution in [2.75, 3.05) is 32.1 Å². The largest absolute Gasteiger partial charge is 0.379 e. The van der Waals surface area contributed by atoms with Gasteiger partial charge in [0.05, 0.1) is 19.0 Å². The van der Waals surface area contributed by atoms with E-state index >= 15 is 0 Å². The van der Waals surface area contributed by atoms with Gasteiger partial charge >= 0.3 is 0 Å². The van der Waals surface area contributed by atoms with E-state index in [-0.39, 0.29) is 5.91 Å². The highest BCUT2D eigenvalue weighted by Crippen LogP contribution is 2.15. The second-order valence-corrected chi connectivity index (χ2v) is 6.99. The van der Waals surface area contributed by atoms with Crippen molar-refractivity contribution in [3.8, 4) is 0 Å². The molecule has 25 heavy (non-hydrogen) atoms. The molecule has 1 aromatic heterocycles. The predicted molar refractivity (Wildman–Crippen MR) is 98.3 cm³/mol. The van der Waals surface area contributed by atoms with Gasteiger partial charge in [0.2, 0.25) is 5.91 Å².